The lowest BCUT2D eigenvalue weighted by Gasteiger charge is -2.10. The van der Waals surface area contributed by atoms with Gasteiger partial charge in [0.1, 0.15) is 5.75 Å². The Morgan fingerprint density at radius 1 is 1.22 bits per heavy atom. The number of hydrogen-bond acceptors (Lipinski definition) is 6. The van der Waals surface area contributed by atoms with Gasteiger partial charge in [0, 0.05) is 16.6 Å². The Balaban J connectivity index is 1.61. The van der Waals surface area contributed by atoms with Crippen molar-refractivity contribution in [3.63, 3.8) is 0 Å². The number of rotatable bonds is 10. The van der Waals surface area contributed by atoms with E-state index in [1.807, 2.05) is 66.9 Å². The van der Waals surface area contributed by atoms with Gasteiger partial charge in [-0.05, 0) is 55.8 Å². The maximum absolute atomic E-state index is 12.2. The van der Waals surface area contributed by atoms with Crippen molar-refractivity contribution in [3.8, 4) is 17.1 Å². The molecule has 1 aromatic heterocycles. The number of carbonyl (C=O) groups is 1. The first kappa shape index (κ1) is 23.7. The molecule has 166 valence electrons. The molecule has 0 radical (unpaired) electrons. The van der Waals surface area contributed by atoms with Crippen LogP contribution in [-0.4, -0.2) is 39.2 Å². The third kappa shape index (κ3) is 6.80. The Kier molecular flexibility index (Phi) is 8.64. The molecule has 0 aliphatic rings. The van der Waals surface area contributed by atoms with Crippen LogP contribution in [0.5, 0.6) is 5.75 Å². The summed E-state index contributed by atoms with van der Waals surface area (Å²) < 4.78 is 8.36. The van der Waals surface area contributed by atoms with Crippen molar-refractivity contribution in [1.82, 2.24) is 20.2 Å². The molecule has 0 bridgehead atoms. The second kappa shape index (κ2) is 11.6. The van der Waals surface area contributed by atoms with Gasteiger partial charge in [-0.1, -0.05) is 52.0 Å². The molecule has 0 aliphatic carbocycles. The van der Waals surface area contributed by atoms with E-state index in [4.69, 9.17) is 4.74 Å². The van der Waals surface area contributed by atoms with Gasteiger partial charge in [0.15, 0.2) is 11.0 Å². The second-order valence-electron chi connectivity index (χ2n) is 6.94. The summed E-state index contributed by atoms with van der Waals surface area (Å²) in [5, 5.41) is 13.3. The van der Waals surface area contributed by atoms with E-state index < -0.39 is 0 Å². The van der Waals surface area contributed by atoms with E-state index in [1.54, 1.807) is 6.21 Å². The van der Waals surface area contributed by atoms with Crippen LogP contribution in [0.25, 0.3) is 11.4 Å². The quantitative estimate of drug-likeness (QED) is 0.180. The number of ether oxygens (including phenoxy) is 1. The smallest absolute Gasteiger partial charge is 0.250 e. The highest BCUT2D eigenvalue weighted by Crippen LogP contribution is 2.26. The summed E-state index contributed by atoms with van der Waals surface area (Å²) in [5.41, 5.74) is 5.32. The summed E-state index contributed by atoms with van der Waals surface area (Å²) in [6.07, 6.45) is 1.59. The van der Waals surface area contributed by atoms with E-state index in [2.05, 4.69) is 43.2 Å². The molecule has 1 amide bonds. The molecule has 3 aromatic rings. The number of nitrogens with one attached hydrogen (secondary N) is 1. The van der Waals surface area contributed by atoms with Crippen LogP contribution in [0, 0.1) is 0 Å². The van der Waals surface area contributed by atoms with Gasteiger partial charge < -0.3 is 4.74 Å². The average molecular weight is 514 g/mol. The van der Waals surface area contributed by atoms with Crippen molar-refractivity contribution in [2.75, 3.05) is 12.4 Å². The lowest BCUT2D eigenvalue weighted by molar-refractivity contribution is -0.118. The summed E-state index contributed by atoms with van der Waals surface area (Å²) in [6, 6.07) is 15.3. The third-order valence-corrected chi connectivity index (χ3v) is 5.67. The zero-order valence-corrected chi connectivity index (χ0v) is 20.3. The molecule has 0 saturated carbocycles. The molecular weight excluding hydrogens is 490 g/mol. The van der Waals surface area contributed by atoms with Gasteiger partial charge in [0.2, 0.25) is 0 Å². The van der Waals surface area contributed by atoms with Crippen molar-refractivity contribution in [1.29, 1.82) is 0 Å². The number of amides is 1. The van der Waals surface area contributed by atoms with E-state index in [-0.39, 0.29) is 11.7 Å². The van der Waals surface area contributed by atoms with E-state index >= 15 is 0 Å². The number of hydrazone groups is 1. The van der Waals surface area contributed by atoms with Crippen LogP contribution in [-0.2, 0) is 11.3 Å². The molecule has 0 unspecified atom stereocenters. The van der Waals surface area contributed by atoms with Crippen LogP contribution in [0.1, 0.15) is 19.4 Å². The molecule has 0 fully saturated rings. The summed E-state index contributed by atoms with van der Waals surface area (Å²) >= 11 is 4.75. The van der Waals surface area contributed by atoms with Gasteiger partial charge in [-0.3, -0.25) is 9.36 Å². The molecule has 9 heteroatoms. The first-order chi connectivity index (χ1) is 15.5. The van der Waals surface area contributed by atoms with Gasteiger partial charge in [0.25, 0.3) is 5.91 Å². The summed E-state index contributed by atoms with van der Waals surface area (Å²) in [7, 11) is 0. The molecular formula is C23H24BrN5O2S. The zero-order valence-electron chi connectivity index (χ0n) is 17.9. The number of carbonyl (C=O) groups excluding carboxylic acids is 1. The molecule has 2 aromatic carbocycles. The van der Waals surface area contributed by atoms with Crippen molar-refractivity contribution in [2.45, 2.75) is 25.5 Å². The lowest BCUT2D eigenvalue weighted by atomic mass is 10.2. The Morgan fingerprint density at radius 3 is 2.59 bits per heavy atom. The molecule has 7 nitrogen and oxygen atoms in total. The zero-order chi connectivity index (χ0) is 22.9. The fourth-order valence-electron chi connectivity index (χ4n) is 2.78. The number of aromatic nitrogens is 3. The van der Waals surface area contributed by atoms with Crippen molar-refractivity contribution in [3.05, 3.63) is 70.7 Å². The van der Waals surface area contributed by atoms with Crippen LogP contribution < -0.4 is 10.2 Å². The van der Waals surface area contributed by atoms with Crippen LogP contribution in [0.3, 0.4) is 0 Å². The number of allylic oxidation sites excluding steroid dienone is 1. The first-order valence-electron chi connectivity index (χ1n) is 9.97. The summed E-state index contributed by atoms with van der Waals surface area (Å²) in [5.74, 6) is 1.46. The predicted octanol–water partition coefficient (Wildman–Crippen LogP) is 4.92. The van der Waals surface area contributed by atoms with Gasteiger partial charge in [0.05, 0.1) is 18.6 Å². The van der Waals surface area contributed by atoms with Crippen molar-refractivity contribution >= 4 is 39.8 Å². The second-order valence-corrected chi connectivity index (χ2v) is 8.80. The number of thioether (sulfide) groups is 1. The Morgan fingerprint density at radius 2 is 1.94 bits per heavy atom. The largest absolute Gasteiger partial charge is 0.494 e. The molecule has 1 heterocycles. The van der Waals surface area contributed by atoms with Crippen LogP contribution in [0.4, 0.5) is 0 Å². The van der Waals surface area contributed by atoms with E-state index in [1.165, 1.54) is 11.8 Å². The van der Waals surface area contributed by atoms with E-state index in [9.17, 15) is 4.79 Å². The monoisotopic (exact) mass is 513 g/mol. The minimum atomic E-state index is -0.229. The predicted molar refractivity (Wildman–Crippen MR) is 132 cm³/mol. The minimum Gasteiger partial charge on any atom is -0.494 e. The Bertz CT molecular complexity index is 1090. The number of nitrogens with zero attached hydrogens (tertiary/aromatic N) is 4. The van der Waals surface area contributed by atoms with Gasteiger partial charge in [-0.2, -0.15) is 5.10 Å². The standard InChI is InChI=1S/C23H24BrN5O2S/c1-4-31-20-11-5-17(6-12-20)13-25-26-21(30)15-32-23-28-27-22(29(23)14-16(2)3)18-7-9-19(24)10-8-18/h5-13H,2,4,14-15H2,1,3H3,(H,26,30). The number of halogens is 1. The van der Waals surface area contributed by atoms with E-state index in [0.29, 0.717) is 18.3 Å². The molecule has 3 rings (SSSR count). The highest BCUT2D eigenvalue weighted by molar-refractivity contribution is 9.10. The molecule has 0 spiro atoms. The molecule has 0 aliphatic heterocycles. The van der Waals surface area contributed by atoms with Gasteiger partial charge >= 0.3 is 0 Å². The normalized spacial score (nSPS) is 11.0. The fourth-order valence-corrected chi connectivity index (χ4v) is 3.77. The summed E-state index contributed by atoms with van der Waals surface area (Å²) in [4.78, 5) is 12.2. The van der Waals surface area contributed by atoms with Crippen LogP contribution in [0.15, 0.2) is 75.4 Å². The highest BCUT2D eigenvalue weighted by Gasteiger charge is 2.15. The van der Waals surface area contributed by atoms with Crippen LogP contribution >= 0.6 is 27.7 Å². The van der Waals surface area contributed by atoms with Gasteiger partial charge in [-0.25, -0.2) is 5.43 Å². The molecule has 0 atom stereocenters. The highest BCUT2D eigenvalue weighted by atomic mass is 79.9. The van der Waals surface area contributed by atoms with E-state index in [0.717, 1.165) is 32.7 Å². The number of benzene rings is 2. The molecule has 0 saturated heterocycles. The topological polar surface area (TPSA) is 81.4 Å². The lowest BCUT2D eigenvalue weighted by Crippen LogP contribution is -2.20. The molecule has 32 heavy (non-hydrogen) atoms. The number of hydrogen-bond donors (Lipinski definition) is 1. The Labute approximate surface area is 200 Å². The minimum absolute atomic E-state index is 0.162. The maximum Gasteiger partial charge on any atom is 0.250 e. The first-order valence-corrected chi connectivity index (χ1v) is 11.7. The SMILES string of the molecule is C=C(C)Cn1c(SCC(=O)NN=Cc2ccc(OCC)cc2)nnc1-c1ccc(Br)cc1. The fraction of sp³-hybridized carbons (Fsp3) is 0.217. The van der Waals surface area contributed by atoms with Crippen LogP contribution in [0.2, 0.25) is 0 Å². The van der Waals surface area contributed by atoms with Crippen molar-refractivity contribution in [2.24, 2.45) is 5.10 Å². The average Bonchev–Trinajstić information content (AvgIpc) is 3.16. The Hall–Kier alpha value is -2.91. The summed E-state index contributed by atoms with van der Waals surface area (Å²) in [6.45, 7) is 9.07. The maximum atomic E-state index is 12.2. The molecule has 1 N–H and O–H groups in total. The third-order valence-electron chi connectivity index (χ3n) is 4.17. The van der Waals surface area contributed by atoms with Gasteiger partial charge in [-0.15, -0.1) is 10.2 Å². The van der Waals surface area contributed by atoms with Crippen molar-refractivity contribution < 1.29 is 9.53 Å².